The summed E-state index contributed by atoms with van der Waals surface area (Å²) in [5.74, 6) is -0.675. The first kappa shape index (κ1) is 40.2. The molecule has 1 aliphatic heterocycles. The zero-order chi connectivity index (χ0) is 28.8. The van der Waals surface area contributed by atoms with Crippen LogP contribution in [-0.4, -0.2) is 35.4 Å². The van der Waals surface area contributed by atoms with Gasteiger partial charge in [-0.15, -0.1) is 0 Å². The van der Waals surface area contributed by atoms with Gasteiger partial charge in [0.15, 0.2) is 11.6 Å². The Hall–Kier alpha value is 0.140. The van der Waals surface area contributed by atoms with Gasteiger partial charge in [0.05, 0.1) is 28.6 Å². The second-order valence-electron chi connectivity index (χ2n) is 11.2. The van der Waals surface area contributed by atoms with Crippen LogP contribution in [0.15, 0.2) is 57.3 Å². The average Bonchev–Trinajstić information content (AvgIpc) is 2.83. The first-order valence-electron chi connectivity index (χ1n) is 12.9. The molecule has 0 unspecified atom stereocenters. The third kappa shape index (κ3) is 8.69. The summed E-state index contributed by atoms with van der Waals surface area (Å²) in [5, 5.41) is 16.7. The third-order valence-electron chi connectivity index (χ3n) is 7.14. The summed E-state index contributed by atoms with van der Waals surface area (Å²) in [4.78, 5) is 14.2. The number of rotatable bonds is 9. The SMILES string of the molecule is CC(C)CCC1(CCC(C)C)C(=O)C(C2=NS([O-])([O-])c3cc(NS(C)(=O)=O)ccc3N2)=C([O-])c2ccccc21.[Na+].[Na+].[Na+]. The van der Waals surface area contributed by atoms with E-state index in [1.807, 2.05) is 12.1 Å². The van der Waals surface area contributed by atoms with Crippen molar-refractivity contribution in [3.8, 4) is 0 Å². The molecule has 0 saturated carbocycles. The molecule has 0 spiro atoms. The number of fused-ring (bicyclic) bond motifs is 2. The zero-order valence-corrected chi connectivity index (χ0v) is 33.4. The molecule has 212 valence electrons. The summed E-state index contributed by atoms with van der Waals surface area (Å²) in [5.41, 5.74) is -0.0599. The molecule has 42 heavy (non-hydrogen) atoms. The van der Waals surface area contributed by atoms with E-state index in [1.54, 1.807) is 12.1 Å². The maximum atomic E-state index is 14.4. The summed E-state index contributed by atoms with van der Waals surface area (Å²) in [6.45, 7) is 8.31. The summed E-state index contributed by atoms with van der Waals surface area (Å²) < 4.78 is 55.9. The van der Waals surface area contributed by atoms with Crippen LogP contribution in [0.5, 0.6) is 0 Å². The fourth-order valence-electron chi connectivity index (χ4n) is 5.15. The molecule has 4 rings (SSSR count). The quantitative estimate of drug-likeness (QED) is 0.263. The number of hydrogen-bond acceptors (Lipinski definition) is 8. The molecule has 14 heteroatoms. The normalized spacial score (nSPS) is 17.5. The van der Waals surface area contributed by atoms with Gasteiger partial charge in [-0.25, -0.2) is 12.8 Å². The molecule has 0 amide bonds. The maximum Gasteiger partial charge on any atom is 1.00 e. The van der Waals surface area contributed by atoms with Gasteiger partial charge in [0, 0.05) is 4.90 Å². The minimum atomic E-state index is -4.37. The molecule has 0 radical (unpaired) electrons. The van der Waals surface area contributed by atoms with Gasteiger partial charge in [0.1, 0.15) is 0 Å². The Morgan fingerprint density at radius 3 is 2.10 bits per heavy atom. The van der Waals surface area contributed by atoms with E-state index in [-0.39, 0.29) is 116 Å². The predicted octanol–water partition coefficient (Wildman–Crippen LogP) is -4.30. The Morgan fingerprint density at radius 1 is 0.976 bits per heavy atom. The fourth-order valence-corrected chi connectivity index (χ4v) is 6.85. The second kappa shape index (κ2) is 15.6. The van der Waals surface area contributed by atoms with Crippen LogP contribution in [-0.2, 0) is 20.2 Å². The minimum absolute atomic E-state index is 0. The van der Waals surface area contributed by atoms with Gasteiger partial charge in [-0.2, -0.15) is 0 Å². The molecule has 2 aromatic carbocycles. The van der Waals surface area contributed by atoms with Crippen LogP contribution in [0.25, 0.3) is 5.76 Å². The number of benzene rings is 2. The third-order valence-corrected chi connectivity index (χ3v) is 9.06. The minimum Gasteiger partial charge on any atom is -0.871 e. The summed E-state index contributed by atoms with van der Waals surface area (Å²) in [6.07, 6.45) is 3.48. The molecule has 2 N–H and O–H groups in total. The van der Waals surface area contributed by atoms with Gasteiger partial charge >= 0.3 is 88.7 Å². The van der Waals surface area contributed by atoms with Crippen LogP contribution in [0, 0.1) is 11.8 Å². The number of Topliss-reactive ketones (excluding diaryl/α,β-unsaturated/α-hetero) is 1. The molecule has 1 aliphatic carbocycles. The molecule has 2 aromatic rings. The Kier molecular flexibility index (Phi) is 14.9. The number of carbonyl (C=O) groups excluding carboxylic acids is 1. The first-order valence-corrected chi connectivity index (χ1v) is 16.3. The van der Waals surface area contributed by atoms with Crippen molar-refractivity contribution in [1.82, 2.24) is 0 Å². The molecule has 9 nitrogen and oxygen atoms in total. The zero-order valence-electron chi connectivity index (χ0n) is 25.7. The molecule has 0 fully saturated rings. The number of ketones is 1. The number of anilines is 2. The van der Waals surface area contributed by atoms with Crippen LogP contribution in [0.3, 0.4) is 0 Å². The van der Waals surface area contributed by atoms with E-state index in [9.17, 15) is 27.4 Å². The van der Waals surface area contributed by atoms with Crippen molar-refractivity contribution >= 4 is 49.6 Å². The first-order chi connectivity index (χ1) is 18.1. The number of hydrogen-bond donors (Lipinski definition) is 2. The van der Waals surface area contributed by atoms with Crippen LogP contribution in [0.1, 0.15) is 64.5 Å². The van der Waals surface area contributed by atoms with E-state index in [0.29, 0.717) is 35.8 Å². The Morgan fingerprint density at radius 2 is 1.55 bits per heavy atom. The van der Waals surface area contributed by atoms with Crippen LogP contribution >= 0.6 is 10.8 Å². The molecule has 0 aromatic heterocycles. The Balaban J connectivity index is 0.00000294. The van der Waals surface area contributed by atoms with Crippen molar-refractivity contribution < 1.29 is 116 Å². The average molecular weight is 642 g/mol. The van der Waals surface area contributed by atoms with Gasteiger partial charge in [0.2, 0.25) is 10.0 Å². The molecule has 0 bridgehead atoms. The Labute approximate surface area is 317 Å². The van der Waals surface area contributed by atoms with Gasteiger partial charge in [-0.1, -0.05) is 57.7 Å². The number of amidine groups is 1. The number of carbonyl (C=O) groups is 1. The maximum absolute atomic E-state index is 14.4. The number of sulfonamides is 2. The van der Waals surface area contributed by atoms with Crippen molar-refractivity contribution in [3.05, 3.63) is 59.2 Å². The van der Waals surface area contributed by atoms with Gasteiger partial charge in [0.25, 0.3) is 0 Å². The van der Waals surface area contributed by atoms with Crippen molar-refractivity contribution in [2.24, 2.45) is 16.2 Å². The topological polar surface area (TPSA) is 157 Å². The van der Waals surface area contributed by atoms with E-state index in [1.165, 1.54) is 12.1 Å². The van der Waals surface area contributed by atoms with E-state index >= 15 is 0 Å². The predicted molar refractivity (Wildman–Crippen MR) is 152 cm³/mol. The van der Waals surface area contributed by atoms with Crippen LogP contribution in [0.2, 0.25) is 0 Å². The number of nitrogens with one attached hydrogen (secondary N) is 2. The Bertz CT molecular complexity index is 1460. The van der Waals surface area contributed by atoms with E-state index in [0.717, 1.165) is 25.2 Å². The van der Waals surface area contributed by atoms with Gasteiger partial charge < -0.3 is 30.3 Å². The van der Waals surface area contributed by atoms with E-state index in [2.05, 4.69) is 42.1 Å². The molecular weight excluding hydrogens is 607 g/mol. The van der Waals surface area contributed by atoms with Crippen molar-refractivity contribution in [2.75, 3.05) is 16.3 Å². The summed E-state index contributed by atoms with van der Waals surface area (Å²) in [6, 6.07) is 11.0. The van der Waals surface area contributed by atoms with Crippen molar-refractivity contribution in [1.29, 1.82) is 0 Å². The molecular formula is C28H34N3Na3O6S2. The fraction of sp³-hybridized carbons (Fsp3) is 0.429. The molecule has 0 saturated heterocycles. The van der Waals surface area contributed by atoms with Crippen LogP contribution < -0.4 is 104 Å². The number of nitrogens with zero attached hydrogens (tertiary/aromatic N) is 1. The van der Waals surface area contributed by atoms with Gasteiger partial charge in [-0.05, 0) is 66.8 Å². The smallest absolute Gasteiger partial charge is 0.871 e. The molecule has 1 heterocycles. The standard InChI is InChI=1S/C28H37N3O6S2.3Na/c1-17(2)12-14-28(15-13-18(3)4)21-9-7-6-8-20(21)25(32)24(26(28)33)27-29-22-11-10-19(30-38(5,34)35)16-23(22)39(36,37)31-27;;;/h6-11,16-18,30,32,36-37H,12-15H2,1-5H3,(H,29,31);;;/q;3*+1/p-3. The molecule has 2 aliphatic rings. The van der Waals surface area contributed by atoms with E-state index in [4.69, 9.17) is 0 Å². The monoisotopic (exact) mass is 641 g/mol. The van der Waals surface area contributed by atoms with E-state index < -0.39 is 37.8 Å². The van der Waals surface area contributed by atoms with Gasteiger partial charge in [-0.3, -0.25) is 9.52 Å². The largest absolute Gasteiger partial charge is 1.00 e. The van der Waals surface area contributed by atoms with Crippen molar-refractivity contribution in [3.63, 3.8) is 0 Å². The summed E-state index contributed by atoms with van der Waals surface area (Å²) >= 11 is 0. The second-order valence-corrected chi connectivity index (χ2v) is 14.5. The molecule has 0 atom stereocenters. The van der Waals surface area contributed by atoms with Crippen molar-refractivity contribution in [2.45, 2.75) is 63.7 Å². The summed E-state index contributed by atoms with van der Waals surface area (Å²) in [7, 11) is -8.01. The van der Waals surface area contributed by atoms with Crippen LogP contribution in [0.4, 0.5) is 11.4 Å².